The molecule has 1 aliphatic carbocycles. The first kappa shape index (κ1) is 27.5. The molecule has 0 radical (unpaired) electrons. The molecule has 40 heavy (non-hydrogen) atoms. The second-order valence-corrected chi connectivity index (χ2v) is 11.5. The summed E-state index contributed by atoms with van der Waals surface area (Å²) in [4.78, 5) is 0. The predicted molar refractivity (Wildman–Crippen MR) is 133 cm³/mol. The lowest BCUT2D eigenvalue weighted by Crippen LogP contribution is -2.28. The molecule has 0 atom stereocenters. The van der Waals surface area contributed by atoms with Crippen molar-refractivity contribution in [3.8, 4) is 56.0 Å². The van der Waals surface area contributed by atoms with E-state index in [4.69, 9.17) is 0 Å². The summed E-state index contributed by atoms with van der Waals surface area (Å²) in [6, 6.07) is 20.4. The van der Waals surface area contributed by atoms with Gasteiger partial charge < -0.3 is 8.37 Å². The van der Waals surface area contributed by atoms with Gasteiger partial charge in [0.2, 0.25) is 0 Å². The summed E-state index contributed by atoms with van der Waals surface area (Å²) in [7, 11) is -12.1. The Labute approximate surface area is 223 Å². The van der Waals surface area contributed by atoms with Gasteiger partial charge in [0.25, 0.3) is 0 Å². The van der Waals surface area contributed by atoms with Gasteiger partial charge in [0.05, 0.1) is 0 Å². The maximum Gasteiger partial charge on any atom is 0.534 e. The molecule has 14 heteroatoms. The zero-order chi connectivity index (χ0) is 29.1. The summed E-state index contributed by atoms with van der Waals surface area (Å²) in [5.41, 5.74) is -8.18. The van der Waals surface area contributed by atoms with Crippen LogP contribution < -0.4 is 8.37 Å². The van der Waals surface area contributed by atoms with Gasteiger partial charge in [-0.05, 0) is 80.9 Å². The summed E-state index contributed by atoms with van der Waals surface area (Å²) >= 11 is 0. The number of halogens is 6. The first-order chi connectivity index (χ1) is 18.6. The van der Waals surface area contributed by atoms with Crippen molar-refractivity contribution in [1.29, 1.82) is 0 Å². The third-order valence-electron chi connectivity index (χ3n) is 5.98. The van der Waals surface area contributed by atoms with Gasteiger partial charge in [-0.1, -0.05) is 48.5 Å². The standard InChI is InChI=1S/C26H14F6O6S2/c27-25(28,29)39(33,34)37-15-9-11-21-19-7-3-1-5-17(19)18-6-2-4-8-20(18)22-12-10-16(14-24(22)23(21)13-15)38-40(35,36)26(30,31)32/h1-14H. The van der Waals surface area contributed by atoms with Crippen LogP contribution in [0.4, 0.5) is 26.3 Å². The maximum atomic E-state index is 13.0. The Hall–Kier alpha value is -4.04. The molecule has 4 aromatic carbocycles. The smallest absolute Gasteiger partial charge is 0.376 e. The van der Waals surface area contributed by atoms with Crippen LogP contribution in [0.2, 0.25) is 0 Å². The molecule has 6 nitrogen and oxygen atoms in total. The first-order valence-corrected chi connectivity index (χ1v) is 13.9. The van der Waals surface area contributed by atoms with Gasteiger partial charge in [0.1, 0.15) is 11.5 Å². The molecule has 4 aromatic rings. The summed E-state index contributed by atoms with van der Waals surface area (Å²) in [5, 5.41) is 0. The van der Waals surface area contributed by atoms with Crippen molar-refractivity contribution in [2.45, 2.75) is 11.0 Å². The van der Waals surface area contributed by atoms with E-state index in [0.717, 1.165) is 24.3 Å². The van der Waals surface area contributed by atoms with Crippen molar-refractivity contribution in [2.75, 3.05) is 0 Å². The fourth-order valence-electron chi connectivity index (χ4n) is 4.32. The highest BCUT2D eigenvalue weighted by Crippen LogP contribution is 2.49. The summed E-state index contributed by atoms with van der Waals surface area (Å²) in [5.74, 6) is -1.47. The zero-order valence-electron chi connectivity index (χ0n) is 19.6. The van der Waals surface area contributed by atoms with Crippen molar-refractivity contribution < 1.29 is 51.5 Å². The predicted octanol–water partition coefficient (Wildman–Crippen LogP) is 7.12. The molecule has 0 aliphatic heterocycles. The number of fused-ring (bicyclic) bond motifs is 8. The minimum Gasteiger partial charge on any atom is -0.376 e. The molecule has 208 valence electrons. The van der Waals surface area contributed by atoms with E-state index in [1.807, 2.05) is 0 Å². The van der Waals surface area contributed by atoms with E-state index < -0.39 is 42.8 Å². The molecule has 0 spiro atoms. The Kier molecular flexibility index (Phi) is 6.38. The molecule has 0 fully saturated rings. The van der Waals surface area contributed by atoms with Gasteiger partial charge >= 0.3 is 31.3 Å². The van der Waals surface area contributed by atoms with Gasteiger partial charge in [-0.2, -0.15) is 43.2 Å². The van der Waals surface area contributed by atoms with Crippen LogP contribution in [0.25, 0.3) is 44.5 Å². The number of rotatable bonds is 4. The maximum absolute atomic E-state index is 13.0. The monoisotopic (exact) mass is 600 g/mol. The Morgan fingerprint density at radius 2 is 0.700 bits per heavy atom. The highest BCUT2D eigenvalue weighted by molar-refractivity contribution is 7.88. The molecular weight excluding hydrogens is 586 g/mol. The lowest BCUT2D eigenvalue weighted by molar-refractivity contribution is -0.0504. The summed E-state index contributed by atoms with van der Waals surface area (Å²) in [6.45, 7) is 0. The summed E-state index contributed by atoms with van der Waals surface area (Å²) in [6.07, 6.45) is 0. The fourth-order valence-corrected chi connectivity index (χ4v) is 5.22. The summed E-state index contributed by atoms with van der Waals surface area (Å²) < 4.78 is 133. The van der Waals surface area contributed by atoms with Gasteiger partial charge in [-0.25, -0.2) is 0 Å². The van der Waals surface area contributed by atoms with Gasteiger partial charge in [0.15, 0.2) is 0 Å². The van der Waals surface area contributed by atoms with E-state index in [0.29, 0.717) is 33.4 Å². The van der Waals surface area contributed by atoms with Crippen molar-refractivity contribution in [3.63, 3.8) is 0 Å². The third kappa shape index (κ3) is 4.77. The van der Waals surface area contributed by atoms with Crippen LogP contribution in [0, 0.1) is 0 Å². The van der Waals surface area contributed by atoms with Crippen LogP contribution in [0.3, 0.4) is 0 Å². The largest absolute Gasteiger partial charge is 0.534 e. The molecule has 0 saturated heterocycles. The fraction of sp³-hybridized carbons (Fsp3) is 0.0769. The molecule has 0 aromatic heterocycles. The topological polar surface area (TPSA) is 86.7 Å². The average Bonchev–Trinajstić information content (AvgIpc) is 2.86. The molecule has 0 saturated carbocycles. The second kappa shape index (κ2) is 9.27. The quantitative estimate of drug-likeness (QED) is 0.124. The highest BCUT2D eigenvalue weighted by Gasteiger charge is 2.49. The molecule has 0 amide bonds. The third-order valence-corrected chi connectivity index (χ3v) is 7.93. The molecular formula is C26H14F6O6S2. The normalized spacial score (nSPS) is 13.2. The lowest BCUT2D eigenvalue weighted by Gasteiger charge is -2.24. The molecule has 0 heterocycles. The molecule has 0 unspecified atom stereocenters. The van der Waals surface area contributed by atoms with Crippen molar-refractivity contribution in [1.82, 2.24) is 0 Å². The number of benzene rings is 4. The highest BCUT2D eigenvalue weighted by atomic mass is 32.2. The Bertz CT molecular complexity index is 1730. The number of hydrogen-bond acceptors (Lipinski definition) is 6. The van der Waals surface area contributed by atoms with E-state index in [9.17, 15) is 43.2 Å². The average molecular weight is 601 g/mol. The first-order valence-electron chi connectivity index (χ1n) is 11.1. The Balaban J connectivity index is 1.81. The zero-order valence-corrected chi connectivity index (χ0v) is 21.2. The Morgan fingerprint density at radius 1 is 0.425 bits per heavy atom. The van der Waals surface area contributed by atoms with Crippen LogP contribution in [0.5, 0.6) is 11.5 Å². The molecule has 1 aliphatic rings. The SMILES string of the molecule is O=S(=O)(Oc1ccc2c(c1)-c1cc(OS(=O)(=O)C(F)(F)F)ccc1-c1ccccc1-c1ccccc1-2)C(F)(F)F. The van der Waals surface area contributed by atoms with Gasteiger partial charge in [0, 0.05) is 0 Å². The molecule has 0 N–H and O–H groups in total. The van der Waals surface area contributed by atoms with E-state index in [1.54, 1.807) is 48.5 Å². The van der Waals surface area contributed by atoms with Crippen LogP contribution in [-0.4, -0.2) is 27.9 Å². The number of hydrogen-bond donors (Lipinski definition) is 0. The van der Waals surface area contributed by atoms with Gasteiger partial charge in [-0.3, -0.25) is 0 Å². The molecule has 0 bridgehead atoms. The van der Waals surface area contributed by atoms with Crippen molar-refractivity contribution >= 4 is 20.2 Å². The van der Waals surface area contributed by atoms with Crippen LogP contribution in [0.15, 0.2) is 84.9 Å². The van der Waals surface area contributed by atoms with E-state index in [-0.39, 0.29) is 11.1 Å². The number of alkyl halides is 6. The van der Waals surface area contributed by atoms with E-state index in [1.165, 1.54) is 12.1 Å². The minimum absolute atomic E-state index is 0.0432. The Morgan fingerprint density at radius 3 is 0.975 bits per heavy atom. The van der Waals surface area contributed by atoms with Crippen molar-refractivity contribution in [2.24, 2.45) is 0 Å². The minimum atomic E-state index is -6.06. The van der Waals surface area contributed by atoms with Crippen molar-refractivity contribution in [3.05, 3.63) is 84.9 Å². The van der Waals surface area contributed by atoms with E-state index in [2.05, 4.69) is 8.37 Å². The van der Waals surface area contributed by atoms with E-state index >= 15 is 0 Å². The molecule has 5 rings (SSSR count). The second-order valence-electron chi connectivity index (χ2n) is 8.47. The van der Waals surface area contributed by atoms with Crippen LogP contribution in [0.1, 0.15) is 0 Å². The van der Waals surface area contributed by atoms with Crippen LogP contribution >= 0.6 is 0 Å². The van der Waals surface area contributed by atoms with Crippen LogP contribution in [-0.2, 0) is 20.2 Å². The van der Waals surface area contributed by atoms with Gasteiger partial charge in [-0.15, -0.1) is 0 Å². The lowest BCUT2D eigenvalue weighted by atomic mass is 9.81.